The molecule has 2 aromatic rings. The van der Waals surface area contributed by atoms with Crippen molar-refractivity contribution in [3.8, 4) is 0 Å². The second-order valence-electron chi connectivity index (χ2n) is 8.89. The first-order valence-corrected chi connectivity index (χ1v) is 11.7. The summed E-state index contributed by atoms with van der Waals surface area (Å²) in [7, 11) is 2.18. The monoisotopic (exact) mass is 435 g/mol. The number of carbonyl (C=O) groups is 2. The van der Waals surface area contributed by atoms with E-state index in [1.165, 1.54) is 32.1 Å². The summed E-state index contributed by atoms with van der Waals surface area (Å²) in [4.78, 5) is 27.7. The van der Waals surface area contributed by atoms with Crippen LogP contribution in [0, 0.1) is 0 Å². The zero-order valence-corrected chi connectivity index (χ0v) is 18.8. The van der Waals surface area contributed by atoms with Crippen LogP contribution in [0.1, 0.15) is 60.9 Å². The molecule has 1 aliphatic heterocycles. The Morgan fingerprint density at radius 1 is 0.969 bits per heavy atom. The molecule has 1 atom stereocenters. The molecule has 2 N–H and O–H groups in total. The fraction of sp³-hybridized carbons (Fsp3) is 0.462. The molecule has 1 saturated carbocycles. The molecule has 1 heterocycles. The molecule has 4 rings (SSSR count). The summed E-state index contributed by atoms with van der Waals surface area (Å²) in [6, 6.07) is 15.6. The van der Waals surface area contributed by atoms with Crippen LogP contribution in [0.25, 0.3) is 0 Å². The number of nitrogens with zero attached hydrogens (tertiary/aromatic N) is 1. The van der Waals surface area contributed by atoms with Gasteiger partial charge in [0.15, 0.2) is 0 Å². The summed E-state index contributed by atoms with van der Waals surface area (Å²) >= 11 is 0. The third kappa shape index (κ3) is 5.75. The van der Waals surface area contributed by atoms with Crippen molar-refractivity contribution in [2.45, 2.75) is 63.6 Å². The summed E-state index contributed by atoms with van der Waals surface area (Å²) in [5, 5.41) is 5.93. The molecule has 0 bridgehead atoms. The van der Waals surface area contributed by atoms with Gasteiger partial charge in [-0.1, -0.05) is 43.5 Å². The standard InChI is InChI=1S/C26H33N3O3/c1-29(22-12-3-2-4-13-22)18-20-9-5-6-14-23(20)28-25(30)19-10-7-11-21(17-19)27-26(31)24-15-8-16-32-24/h5-7,9-11,14,17,22,24H,2-4,8,12-13,15-16,18H2,1H3,(H,27,31)(H,28,30)/t24-/m1/s1. The summed E-state index contributed by atoms with van der Waals surface area (Å²) in [5.74, 6) is -0.345. The number of benzene rings is 2. The summed E-state index contributed by atoms with van der Waals surface area (Å²) < 4.78 is 5.44. The van der Waals surface area contributed by atoms with Crippen LogP contribution in [0.4, 0.5) is 11.4 Å². The fourth-order valence-electron chi connectivity index (χ4n) is 4.64. The van der Waals surface area contributed by atoms with Crippen molar-refractivity contribution in [3.63, 3.8) is 0 Å². The minimum Gasteiger partial charge on any atom is -0.368 e. The maximum atomic E-state index is 13.0. The van der Waals surface area contributed by atoms with Crippen molar-refractivity contribution in [2.24, 2.45) is 0 Å². The van der Waals surface area contributed by atoms with Crippen molar-refractivity contribution in [1.29, 1.82) is 0 Å². The van der Waals surface area contributed by atoms with Gasteiger partial charge in [0.05, 0.1) is 0 Å². The molecule has 0 spiro atoms. The van der Waals surface area contributed by atoms with Gasteiger partial charge in [-0.15, -0.1) is 0 Å². The quantitative estimate of drug-likeness (QED) is 0.654. The van der Waals surface area contributed by atoms with Crippen molar-refractivity contribution >= 4 is 23.2 Å². The minimum atomic E-state index is -0.402. The van der Waals surface area contributed by atoms with Crippen LogP contribution in [-0.2, 0) is 16.1 Å². The van der Waals surface area contributed by atoms with Crippen molar-refractivity contribution < 1.29 is 14.3 Å². The number of hydrogen-bond donors (Lipinski definition) is 2. The minimum absolute atomic E-state index is 0.156. The maximum absolute atomic E-state index is 13.0. The molecule has 0 aromatic heterocycles. The van der Waals surface area contributed by atoms with E-state index in [4.69, 9.17) is 4.74 Å². The lowest BCUT2D eigenvalue weighted by molar-refractivity contribution is -0.124. The van der Waals surface area contributed by atoms with E-state index in [2.05, 4.69) is 28.6 Å². The first-order chi connectivity index (χ1) is 15.6. The van der Waals surface area contributed by atoms with Gasteiger partial charge in [0, 0.05) is 36.1 Å². The number of hydrogen-bond acceptors (Lipinski definition) is 4. The lowest BCUT2D eigenvalue weighted by Gasteiger charge is -2.31. The van der Waals surface area contributed by atoms with E-state index in [9.17, 15) is 9.59 Å². The highest BCUT2D eigenvalue weighted by Crippen LogP contribution is 2.25. The van der Waals surface area contributed by atoms with Gasteiger partial charge in [-0.25, -0.2) is 0 Å². The van der Waals surface area contributed by atoms with Gasteiger partial charge < -0.3 is 15.4 Å². The van der Waals surface area contributed by atoms with E-state index in [1.807, 2.05) is 18.2 Å². The number of para-hydroxylation sites is 1. The first-order valence-electron chi connectivity index (χ1n) is 11.7. The Bertz CT molecular complexity index is 933. The van der Waals surface area contributed by atoms with E-state index < -0.39 is 6.10 Å². The Kier molecular flexibility index (Phi) is 7.55. The predicted molar refractivity (Wildman–Crippen MR) is 127 cm³/mol. The summed E-state index contributed by atoms with van der Waals surface area (Å²) in [6.45, 7) is 1.43. The largest absolute Gasteiger partial charge is 0.368 e. The molecule has 2 aliphatic rings. The first kappa shape index (κ1) is 22.5. The zero-order chi connectivity index (χ0) is 22.3. The average Bonchev–Trinajstić information content (AvgIpc) is 3.36. The molecule has 170 valence electrons. The molecule has 6 nitrogen and oxygen atoms in total. The van der Waals surface area contributed by atoms with E-state index >= 15 is 0 Å². The topological polar surface area (TPSA) is 70.7 Å². The summed E-state index contributed by atoms with van der Waals surface area (Å²) in [5.41, 5.74) is 3.04. The van der Waals surface area contributed by atoms with Gasteiger partial charge in [0.25, 0.3) is 11.8 Å². The van der Waals surface area contributed by atoms with Crippen LogP contribution in [0.15, 0.2) is 48.5 Å². The molecule has 1 saturated heterocycles. The normalized spacial score (nSPS) is 19.1. The number of ether oxygens (including phenoxy) is 1. The number of amides is 2. The zero-order valence-electron chi connectivity index (χ0n) is 18.8. The van der Waals surface area contributed by atoms with E-state index in [0.717, 1.165) is 30.6 Å². The molecule has 2 fully saturated rings. The lowest BCUT2D eigenvalue weighted by atomic mass is 9.94. The average molecular weight is 436 g/mol. The molecule has 0 unspecified atom stereocenters. The van der Waals surface area contributed by atoms with E-state index in [-0.39, 0.29) is 11.8 Å². The number of carbonyl (C=O) groups excluding carboxylic acids is 2. The number of anilines is 2. The Balaban J connectivity index is 1.41. The Labute approximate surface area is 190 Å². The predicted octanol–water partition coefficient (Wildman–Crippen LogP) is 4.82. The molecular formula is C26H33N3O3. The van der Waals surface area contributed by atoms with Gasteiger partial charge >= 0.3 is 0 Å². The smallest absolute Gasteiger partial charge is 0.255 e. The highest BCUT2D eigenvalue weighted by molar-refractivity contribution is 6.05. The van der Waals surface area contributed by atoms with Gasteiger partial charge in [0.2, 0.25) is 0 Å². The van der Waals surface area contributed by atoms with Crippen LogP contribution in [0.2, 0.25) is 0 Å². The highest BCUT2D eigenvalue weighted by atomic mass is 16.5. The second-order valence-corrected chi connectivity index (χ2v) is 8.89. The van der Waals surface area contributed by atoms with E-state index in [1.54, 1.807) is 24.3 Å². The Morgan fingerprint density at radius 2 is 1.78 bits per heavy atom. The van der Waals surface area contributed by atoms with Gasteiger partial charge in [-0.3, -0.25) is 14.5 Å². The number of nitrogens with one attached hydrogen (secondary N) is 2. The van der Waals surface area contributed by atoms with Crippen molar-refractivity contribution in [1.82, 2.24) is 4.90 Å². The molecule has 6 heteroatoms. The Morgan fingerprint density at radius 3 is 2.56 bits per heavy atom. The van der Waals surface area contributed by atoms with Gasteiger partial charge in [-0.05, 0) is 62.6 Å². The maximum Gasteiger partial charge on any atom is 0.255 e. The molecule has 1 aliphatic carbocycles. The fourth-order valence-corrected chi connectivity index (χ4v) is 4.64. The van der Waals surface area contributed by atoms with Crippen molar-refractivity contribution in [3.05, 3.63) is 59.7 Å². The Hall–Kier alpha value is -2.70. The molecule has 2 aromatic carbocycles. The van der Waals surface area contributed by atoms with E-state index in [0.29, 0.717) is 23.9 Å². The SMILES string of the molecule is CN(Cc1ccccc1NC(=O)c1cccc(NC(=O)[C@H]2CCCO2)c1)C1CCCCC1. The molecule has 32 heavy (non-hydrogen) atoms. The lowest BCUT2D eigenvalue weighted by Crippen LogP contribution is -2.33. The summed E-state index contributed by atoms with van der Waals surface area (Å²) in [6.07, 6.45) is 7.66. The highest BCUT2D eigenvalue weighted by Gasteiger charge is 2.24. The van der Waals surface area contributed by atoms with Crippen LogP contribution in [0.3, 0.4) is 0 Å². The number of rotatable bonds is 7. The van der Waals surface area contributed by atoms with Crippen LogP contribution >= 0.6 is 0 Å². The van der Waals surface area contributed by atoms with Crippen LogP contribution in [-0.4, -0.2) is 42.5 Å². The van der Waals surface area contributed by atoms with Gasteiger partial charge in [-0.2, -0.15) is 0 Å². The molecule has 2 amide bonds. The van der Waals surface area contributed by atoms with Gasteiger partial charge in [0.1, 0.15) is 6.10 Å². The van der Waals surface area contributed by atoms with Crippen LogP contribution < -0.4 is 10.6 Å². The molecular weight excluding hydrogens is 402 g/mol. The third-order valence-electron chi connectivity index (χ3n) is 6.50. The second kappa shape index (κ2) is 10.7. The van der Waals surface area contributed by atoms with Crippen molar-refractivity contribution in [2.75, 3.05) is 24.3 Å². The third-order valence-corrected chi connectivity index (χ3v) is 6.50. The van der Waals surface area contributed by atoms with Crippen LogP contribution in [0.5, 0.6) is 0 Å². The molecule has 0 radical (unpaired) electrons.